The van der Waals surface area contributed by atoms with Gasteiger partial charge in [0.1, 0.15) is 5.75 Å². The summed E-state index contributed by atoms with van der Waals surface area (Å²) in [6, 6.07) is 3.84. The Morgan fingerprint density at radius 3 is 3.10 bits per heavy atom. The number of pyridine rings is 1. The standard InChI is InChI=1S/C16H17NO2S2/c1-2-4-19-13-6-11(8-17-9-13)16(18)15-7-12-10-20-5-3-14(12)21-15/h6-9H,2-5,10H2,1H3. The molecule has 3 heterocycles. The van der Waals surface area contributed by atoms with E-state index in [4.69, 9.17) is 4.74 Å². The van der Waals surface area contributed by atoms with Gasteiger partial charge in [-0.2, -0.15) is 11.8 Å². The summed E-state index contributed by atoms with van der Waals surface area (Å²) in [5.74, 6) is 2.90. The summed E-state index contributed by atoms with van der Waals surface area (Å²) < 4.78 is 5.55. The van der Waals surface area contributed by atoms with Gasteiger partial charge in [0.15, 0.2) is 0 Å². The fourth-order valence-electron chi connectivity index (χ4n) is 2.24. The third kappa shape index (κ3) is 3.30. The van der Waals surface area contributed by atoms with E-state index in [9.17, 15) is 4.79 Å². The molecule has 0 saturated heterocycles. The van der Waals surface area contributed by atoms with Gasteiger partial charge in [0.2, 0.25) is 5.78 Å². The van der Waals surface area contributed by atoms with Gasteiger partial charge < -0.3 is 4.74 Å². The highest BCUT2D eigenvalue weighted by atomic mass is 32.2. The van der Waals surface area contributed by atoms with Crippen LogP contribution in [-0.4, -0.2) is 23.1 Å². The van der Waals surface area contributed by atoms with Crippen molar-refractivity contribution in [1.82, 2.24) is 4.98 Å². The van der Waals surface area contributed by atoms with Gasteiger partial charge in [-0.15, -0.1) is 11.3 Å². The zero-order chi connectivity index (χ0) is 14.7. The highest BCUT2D eigenvalue weighted by Crippen LogP contribution is 2.32. The highest BCUT2D eigenvalue weighted by molar-refractivity contribution is 7.98. The van der Waals surface area contributed by atoms with Crippen LogP contribution in [0.2, 0.25) is 0 Å². The largest absolute Gasteiger partial charge is 0.492 e. The van der Waals surface area contributed by atoms with Gasteiger partial charge in [0.25, 0.3) is 0 Å². The van der Waals surface area contributed by atoms with Crippen molar-refractivity contribution in [3.63, 3.8) is 0 Å². The molecular formula is C16H17NO2S2. The molecule has 0 atom stereocenters. The number of fused-ring (bicyclic) bond motifs is 1. The maximum atomic E-state index is 12.6. The normalized spacial score (nSPS) is 13.8. The van der Waals surface area contributed by atoms with Crippen LogP contribution in [0, 0.1) is 0 Å². The van der Waals surface area contributed by atoms with Crippen molar-refractivity contribution in [2.24, 2.45) is 0 Å². The smallest absolute Gasteiger partial charge is 0.204 e. The molecule has 0 radical (unpaired) electrons. The maximum Gasteiger partial charge on any atom is 0.204 e. The lowest BCUT2D eigenvalue weighted by Gasteiger charge is -2.08. The zero-order valence-electron chi connectivity index (χ0n) is 11.9. The number of thioether (sulfide) groups is 1. The Kier molecular flexibility index (Phi) is 4.60. The summed E-state index contributed by atoms with van der Waals surface area (Å²) in [5, 5.41) is 0. The van der Waals surface area contributed by atoms with Crippen molar-refractivity contribution < 1.29 is 9.53 Å². The lowest BCUT2D eigenvalue weighted by Crippen LogP contribution is -2.02. The van der Waals surface area contributed by atoms with Crippen LogP contribution in [0.25, 0.3) is 0 Å². The molecule has 0 bridgehead atoms. The molecule has 1 aliphatic rings. The van der Waals surface area contributed by atoms with Crippen LogP contribution in [0.15, 0.2) is 24.5 Å². The molecule has 5 heteroatoms. The third-order valence-electron chi connectivity index (χ3n) is 3.30. The van der Waals surface area contributed by atoms with Gasteiger partial charge in [0, 0.05) is 22.4 Å². The molecule has 2 aromatic heterocycles. The van der Waals surface area contributed by atoms with Crippen LogP contribution >= 0.6 is 23.1 Å². The Morgan fingerprint density at radius 1 is 1.38 bits per heavy atom. The SMILES string of the molecule is CCCOc1cncc(C(=O)c2cc3c(s2)CCSC3)c1. The minimum absolute atomic E-state index is 0.0499. The number of carbonyl (C=O) groups is 1. The highest BCUT2D eigenvalue weighted by Gasteiger charge is 2.19. The Morgan fingerprint density at radius 2 is 2.29 bits per heavy atom. The first kappa shape index (κ1) is 14.6. The summed E-state index contributed by atoms with van der Waals surface area (Å²) in [4.78, 5) is 18.9. The monoisotopic (exact) mass is 319 g/mol. The van der Waals surface area contributed by atoms with E-state index in [0.29, 0.717) is 17.9 Å². The number of aryl methyl sites for hydroxylation is 1. The molecule has 3 nitrogen and oxygen atoms in total. The van der Waals surface area contributed by atoms with Crippen LogP contribution in [-0.2, 0) is 12.2 Å². The van der Waals surface area contributed by atoms with Crippen molar-refractivity contribution in [3.05, 3.63) is 45.4 Å². The molecule has 0 N–H and O–H groups in total. The molecule has 0 aromatic carbocycles. The molecule has 1 aliphatic heterocycles. The number of hydrogen-bond donors (Lipinski definition) is 0. The molecular weight excluding hydrogens is 302 g/mol. The molecule has 0 aliphatic carbocycles. The van der Waals surface area contributed by atoms with E-state index >= 15 is 0 Å². The van der Waals surface area contributed by atoms with Crippen molar-refractivity contribution in [2.45, 2.75) is 25.5 Å². The number of carbonyl (C=O) groups excluding carboxylic acids is 1. The molecule has 0 saturated carbocycles. The summed E-state index contributed by atoms with van der Waals surface area (Å²) in [5.41, 5.74) is 1.93. The van der Waals surface area contributed by atoms with Crippen molar-refractivity contribution >= 4 is 28.9 Å². The van der Waals surface area contributed by atoms with E-state index in [-0.39, 0.29) is 5.78 Å². The number of hydrogen-bond acceptors (Lipinski definition) is 5. The number of thiophene rings is 1. The van der Waals surface area contributed by atoms with Crippen LogP contribution in [0.1, 0.15) is 39.0 Å². The zero-order valence-corrected chi connectivity index (χ0v) is 13.6. The second-order valence-corrected chi connectivity index (χ2v) is 7.19. The molecule has 0 amide bonds. The molecule has 3 rings (SSSR count). The minimum Gasteiger partial charge on any atom is -0.492 e. The first-order chi connectivity index (χ1) is 10.3. The summed E-state index contributed by atoms with van der Waals surface area (Å²) >= 11 is 3.56. The Bertz CT molecular complexity index is 628. The number of nitrogens with zero attached hydrogens (tertiary/aromatic N) is 1. The lowest BCUT2D eigenvalue weighted by molar-refractivity contribution is 0.104. The van der Waals surface area contributed by atoms with E-state index < -0.39 is 0 Å². The van der Waals surface area contributed by atoms with E-state index in [1.54, 1.807) is 29.8 Å². The maximum absolute atomic E-state index is 12.6. The van der Waals surface area contributed by atoms with Gasteiger partial charge in [-0.05, 0) is 36.3 Å². The summed E-state index contributed by atoms with van der Waals surface area (Å²) in [7, 11) is 0. The predicted octanol–water partition coefficient (Wildman–Crippen LogP) is 3.95. The Balaban J connectivity index is 1.82. The van der Waals surface area contributed by atoms with E-state index in [1.165, 1.54) is 10.4 Å². The third-order valence-corrected chi connectivity index (χ3v) is 5.54. The fourth-order valence-corrected chi connectivity index (χ4v) is 4.58. The van der Waals surface area contributed by atoms with Gasteiger partial charge >= 0.3 is 0 Å². The van der Waals surface area contributed by atoms with Crippen molar-refractivity contribution in [1.29, 1.82) is 0 Å². The van der Waals surface area contributed by atoms with Gasteiger partial charge in [-0.3, -0.25) is 9.78 Å². The number of aromatic nitrogens is 1. The molecule has 21 heavy (non-hydrogen) atoms. The Labute approximate surface area is 132 Å². The topological polar surface area (TPSA) is 39.2 Å². The average Bonchev–Trinajstić information content (AvgIpc) is 2.96. The first-order valence-corrected chi connectivity index (χ1v) is 9.07. The fraction of sp³-hybridized carbons (Fsp3) is 0.375. The number of rotatable bonds is 5. The molecule has 0 unspecified atom stereocenters. The van der Waals surface area contributed by atoms with E-state index in [2.05, 4.69) is 11.9 Å². The molecule has 0 fully saturated rings. The lowest BCUT2D eigenvalue weighted by atomic mass is 10.1. The van der Waals surface area contributed by atoms with Crippen molar-refractivity contribution in [2.75, 3.05) is 12.4 Å². The second kappa shape index (κ2) is 6.62. The van der Waals surface area contributed by atoms with Gasteiger partial charge in [-0.1, -0.05) is 6.92 Å². The quantitative estimate of drug-likeness (QED) is 0.782. The Hall–Kier alpha value is -1.33. The van der Waals surface area contributed by atoms with Gasteiger partial charge in [0.05, 0.1) is 17.7 Å². The van der Waals surface area contributed by atoms with Gasteiger partial charge in [-0.25, -0.2) is 0 Å². The van der Waals surface area contributed by atoms with Crippen LogP contribution < -0.4 is 4.74 Å². The number of ketones is 1. The molecule has 110 valence electrons. The van der Waals surface area contributed by atoms with Crippen LogP contribution in [0.3, 0.4) is 0 Å². The predicted molar refractivity (Wildman–Crippen MR) is 87.6 cm³/mol. The summed E-state index contributed by atoms with van der Waals surface area (Å²) in [6.45, 7) is 2.69. The molecule has 2 aromatic rings. The number of ether oxygens (including phenoxy) is 1. The second-order valence-electron chi connectivity index (χ2n) is 4.95. The van der Waals surface area contributed by atoms with E-state index in [0.717, 1.165) is 29.2 Å². The van der Waals surface area contributed by atoms with Crippen LogP contribution in [0.5, 0.6) is 5.75 Å². The average molecular weight is 319 g/mol. The first-order valence-electron chi connectivity index (χ1n) is 7.10. The molecule has 0 spiro atoms. The minimum atomic E-state index is 0.0499. The summed E-state index contributed by atoms with van der Waals surface area (Å²) in [6.07, 6.45) is 5.29. The van der Waals surface area contributed by atoms with E-state index in [1.807, 2.05) is 17.8 Å². The van der Waals surface area contributed by atoms with Crippen molar-refractivity contribution in [3.8, 4) is 5.75 Å². The van der Waals surface area contributed by atoms with Crippen LogP contribution in [0.4, 0.5) is 0 Å².